The fourth-order valence-electron chi connectivity index (χ4n) is 4.37. The minimum Gasteiger partial charge on any atom is -0.458 e. The summed E-state index contributed by atoms with van der Waals surface area (Å²) in [6.45, 7) is 7.52. The summed E-state index contributed by atoms with van der Waals surface area (Å²) in [6, 6.07) is 6.75. The zero-order valence-electron chi connectivity index (χ0n) is 22.9. The maximum atomic E-state index is 13.2. The van der Waals surface area contributed by atoms with Crippen LogP contribution in [-0.2, 0) is 41.8 Å². The summed E-state index contributed by atoms with van der Waals surface area (Å²) in [4.78, 5) is 25.7. The molecule has 1 saturated heterocycles. The van der Waals surface area contributed by atoms with Crippen LogP contribution in [0.5, 0.6) is 0 Å². The minimum absolute atomic E-state index is 0.0331. The minimum atomic E-state index is -3.71. The molecule has 1 aromatic carbocycles. The molecule has 4 N–H and O–H groups in total. The third kappa shape index (κ3) is 10.9. The molecule has 3 atom stereocenters. The van der Waals surface area contributed by atoms with Gasteiger partial charge in [0.1, 0.15) is 18.2 Å². The molecule has 0 saturated carbocycles. The van der Waals surface area contributed by atoms with Crippen LogP contribution in [0, 0.1) is 0 Å². The van der Waals surface area contributed by atoms with E-state index in [1.807, 2.05) is 26.0 Å². The number of alkyl carbamates (subject to hydrolysis) is 1. The van der Waals surface area contributed by atoms with Crippen LogP contribution in [0.4, 0.5) is 4.79 Å². The first-order valence-corrected chi connectivity index (χ1v) is 15.4. The quantitative estimate of drug-likeness (QED) is 0.247. The molecule has 0 spiro atoms. The van der Waals surface area contributed by atoms with Crippen molar-refractivity contribution < 1.29 is 32.2 Å². The van der Waals surface area contributed by atoms with Gasteiger partial charge in [-0.3, -0.25) is 0 Å². The predicted octanol–water partition coefficient (Wildman–Crippen LogP) is 2.48. The van der Waals surface area contributed by atoms with Crippen LogP contribution in [0.3, 0.4) is 0 Å². The molecule has 1 unspecified atom stereocenters. The highest BCUT2D eigenvalue weighted by molar-refractivity contribution is 7.92. The zero-order valence-corrected chi connectivity index (χ0v) is 23.8. The first kappa shape index (κ1) is 32.0. The Morgan fingerprint density at radius 1 is 1.16 bits per heavy atom. The second-order valence-electron chi connectivity index (χ2n) is 9.72. The Balaban J connectivity index is 2.06. The van der Waals surface area contributed by atoms with Gasteiger partial charge in [0.2, 0.25) is 0 Å². The number of amides is 1. The van der Waals surface area contributed by atoms with Crippen molar-refractivity contribution in [1.82, 2.24) is 10.6 Å². The number of benzene rings is 1. The van der Waals surface area contributed by atoms with Gasteiger partial charge in [-0.15, -0.1) is 0 Å². The number of hydrogen-bond donors (Lipinski definition) is 3. The summed E-state index contributed by atoms with van der Waals surface area (Å²) in [5.41, 5.74) is 8.16. The van der Waals surface area contributed by atoms with E-state index in [1.54, 1.807) is 0 Å². The van der Waals surface area contributed by atoms with Crippen molar-refractivity contribution >= 4 is 21.9 Å². The molecule has 0 aromatic heterocycles. The van der Waals surface area contributed by atoms with Crippen LogP contribution < -0.4 is 16.4 Å². The molecule has 1 aromatic rings. The van der Waals surface area contributed by atoms with Crippen LogP contribution in [0.1, 0.15) is 64.0 Å². The Labute approximate surface area is 227 Å². The van der Waals surface area contributed by atoms with Crippen molar-refractivity contribution in [3.63, 3.8) is 0 Å². The Hall–Kier alpha value is -2.21. The fourth-order valence-corrected chi connectivity index (χ4v) is 6.52. The van der Waals surface area contributed by atoms with Crippen molar-refractivity contribution in [3.05, 3.63) is 35.4 Å². The molecule has 216 valence electrons. The average molecular weight is 556 g/mol. The van der Waals surface area contributed by atoms with Gasteiger partial charge in [0, 0.05) is 26.1 Å². The van der Waals surface area contributed by atoms with Crippen LogP contribution in [0.25, 0.3) is 0 Å². The lowest BCUT2D eigenvalue weighted by Crippen LogP contribution is -2.50. The summed E-state index contributed by atoms with van der Waals surface area (Å²) >= 11 is 0. The molecule has 1 fully saturated rings. The molecular formula is C27H45N3O7S. The molecule has 0 radical (unpaired) electrons. The predicted molar refractivity (Wildman–Crippen MR) is 146 cm³/mol. The van der Waals surface area contributed by atoms with Crippen LogP contribution in [0.2, 0.25) is 0 Å². The number of sulfone groups is 1. The molecule has 0 aliphatic carbocycles. The highest BCUT2D eigenvalue weighted by atomic mass is 32.2. The number of carbonyl (C=O) groups excluding carboxylic acids is 2. The first-order chi connectivity index (χ1) is 18.2. The Morgan fingerprint density at radius 2 is 1.87 bits per heavy atom. The Bertz CT molecular complexity index is 961. The SMILES string of the molecule is CCCC(CCC)S(=O)(=O)CC(NC(=O)O[C@H]1CCOC1)C(=O)O[C@@H](CN)CNCc1cccc(CC)c1. The lowest BCUT2D eigenvalue weighted by Gasteiger charge is -2.24. The van der Waals surface area contributed by atoms with Crippen molar-refractivity contribution in [3.8, 4) is 0 Å². The number of carbonyl (C=O) groups is 2. The van der Waals surface area contributed by atoms with Gasteiger partial charge in [-0.25, -0.2) is 18.0 Å². The fraction of sp³-hybridized carbons (Fsp3) is 0.704. The lowest BCUT2D eigenvalue weighted by molar-refractivity contribution is -0.150. The first-order valence-electron chi connectivity index (χ1n) is 13.7. The molecular weight excluding hydrogens is 510 g/mol. The summed E-state index contributed by atoms with van der Waals surface area (Å²) in [5, 5.41) is 5.07. The number of nitrogens with two attached hydrogens (primary N) is 1. The van der Waals surface area contributed by atoms with Crippen LogP contribution in [-0.4, -0.2) is 76.0 Å². The van der Waals surface area contributed by atoms with E-state index in [0.717, 1.165) is 12.0 Å². The lowest BCUT2D eigenvalue weighted by atomic mass is 10.1. The summed E-state index contributed by atoms with van der Waals surface area (Å²) in [7, 11) is -3.71. The van der Waals surface area contributed by atoms with Crippen LogP contribution >= 0.6 is 0 Å². The van der Waals surface area contributed by atoms with E-state index in [-0.39, 0.29) is 19.7 Å². The molecule has 38 heavy (non-hydrogen) atoms. The second-order valence-corrected chi connectivity index (χ2v) is 12.0. The molecule has 1 heterocycles. The van der Waals surface area contributed by atoms with Gasteiger partial charge in [0.25, 0.3) is 0 Å². The standard InChI is InChI=1S/C27H45N3O7S/c1-4-8-24(9-5-2)38(33,34)19-25(30-27(32)37-22-12-13-35-18-22)26(31)36-23(15-28)17-29-16-21-11-7-10-20(6-3)14-21/h7,10-11,14,22-25,29H,4-6,8-9,12-13,15-19,28H2,1-3H3,(H,30,32)/t22-,23-,25?/m0/s1. The summed E-state index contributed by atoms with van der Waals surface area (Å²) in [5.74, 6) is -1.42. The monoisotopic (exact) mass is 555 g/mol. The Morgan fingerprint density at radius 3 is 2.47 bits per heavy atom. The van der Waals surface area contributed by atoms with E-state index in [1.165, 1.54) is 5.56 Å². The van der Waals surface area contributed by atoms with Gasteiger partial charge in [0.15, 0.2) is 9.84 Å². The van der Waals surface area contributed by atoms with E-state index in [9.17, 15) is 18.0 Å². The molecule has 1 aliphatic rings. The largest absolute Gasteiger partial charge is 0.458 e. The molecule has 11 heteroatoms. The third-order valence-electron chi connectivity index (χ3n) is 6.51. The number of esters is 1. The molecule has 1 aliphatic heterocycles. The van der Waals surface area contributed by atoms with E-state index in [2.05, 4.69) is 29.7 Å². The van der Waals surface area contributed by atoms with Gasteiger partial charge >= 0.3 is 12.1 Å². The highest BCUT2D eigenvalue weighted by Gasteiger charge is 2.35. The number of ether oxygens (including phenoxy) is 3. The van der Waals surface area contributed by atoms with Gasteiger partial charge in [-0.05, 0) is 30.4 Å². The van der Waals surface area contributed by atoms with E-state index >= 15 is 0 Å². The van der Waals surface area contributed by atoms with Gasteiger partial charge in [0.05, 0.1) is 24.2 Å². The zero-order chi connectivity index (χ0) is 28.0. The summed E-state index contributed by atoms with van der Waals surface area (Å²) in [6.07, 6.45) is 1.80. The summed E-state index contributed by atoms with van der Waals surface area (Å²) < 4.78 is 42.6. The van der Waals surface area contributed by atoms with Crippen LogP contribution in [0.15, 0.2) is 24.3 Å². The number of aryl methyl sites for hydroxylation is 1. The van der Waals surface area contributed by atoms with Gasteiger partial charge in [-0.1, -0.05) is 57.9 Å². The highest BCUT2D eigenvalue weighted by Crippen LogP contribution is 2.18. The molecule has 10 nitrogen and oxygen atoms in total. The number of hydrogen-bond acceptors (Lipinski definition) is 9. The van der Waals surface area contributed by atoms with Gasteiger partial charge in [-0.2, -0.15) is 0 Å². The van der Waals surface area contributed by atoms with E-state index in [0.29, 0.717) is 45.3 Å². The van der Waals surface area contributed by atoms with Crippen molar-refractivity contribution in [2.75, 3.05) is 32.1 Å². The number of rotatable bonds is 17. The maximum Gasteiger partial charge on any atom is 0.408 e. The van der Waals surface area contributed by atoms with Crippen molar-refractivity contribution in [2.45, 2.75) is 89.3 Å². The maximum absolute atomic E-state index is 13.2. The second kappa shape index (κ2) is 16.7. The average Bonchev–Trinajstić information content (AvgIpc) is 3.40. The third-order valence-corrected chi connectivity index (χ3v) is 8.80. The van der Waals surface area contributed by atoms with Crippen molar-refractivity contribution in [1.29, 1.82) is 0 Å². The van der Waals surface area contributed by atoms with E-state index in [4.69, 9.17) is 19.9 Å². The number of nitrogens with one attached hydrogen (secondary N) is 2. The Kier molecular flexibility index (Phi) is 14.1. The molecule has 0 bridgehead atoms. The van der Waals surface area contributed by atoms with Crippen molar-refractivity contribution in [2.24, 2.45) is 5.73 Å². The molecule has 2 rings (SSSR count). The van der Waals surface area contributed by atoms with Gasteiger partial charge < -0.3 is 30.6 Å². The smallest absolute Gasteiger partial charge is 0.408 e. The normalized spacial score (nSPS) is 17.2. The van der Waals surface area contributed by atoms with E-state index < -0.39 is 51.2 Å². The molecule has 1 amide bonds. The topological polar surface area (TPSA) is 146 Å².